The standard InChI is InChI=1S/C12H11NO3S.C8H9NO3.C4H3BrS.CH3.BH4.W/c14-11-2-1-9(12(15)7-16-8-12)5-13(11)10-3-4-17-6-10;10-7-2-1-6(3-9-7)8(11)4-12-5-8;5-4-1-2-6-3-4;;;/h1-6,15H,7-8H2;1-3,11H,4-5H2,(H,9,10);1-3H;1H3;1H4;/q;;;2*-1;. The van der Waals surface area contributed by atoms with E-state index in [2.05, 4.69) is 20.9 Å². The fourth-order valence-electron chi connectivity index (χ4n) is 3.23. The molecule has 6 rings (SSSR count). The Labute approximate surface area is 253 Å². The van der Waals surface area contributed by atoms with Crippen LogP contribution in [-0.4, -0.2) is 54.6 Å². The maximum atomic E-state index is 11.8. The molecule has 0 spiro atoms. The van der Waals surface area contributed by atoms with Crippen LogP contribution in [0.25, 0.3) is 5.69 Å². The van der Waals surface area contributed by atoms with Gasteiger partial charge in [-0.2, -0.15) is 22.7 Å². The van der Waals surface area contributed by atoms with Crippen molar-refractivity contribution in [3.8, 4) is 5.69 Å². The molecule has 0 amide bonds. The largest absolute Gasteiger partial charge is 0.380 e. The maximum absolute atomic E-state index is 11.8. The Bertz CT molecular complexity index is 1340. The first-order valence-corrected chi connectivity index (χ1v) is 13.2. The molecule has 0 unspecified atom stereocenters. The molecular formula is C25H30BBrN2O6S2W-2. The first-order chi connectivity index (χ1) is 16.8. The van der Waals surface area contributed by atoms with Gasteiger partial charge in [0, 0.05) is 72.0 Å². The van der Waals surface area contributed by atoms with Gasteiger partial charge in [-0.05, 0) is 51.0 Å². The summed E-state index contributed by atoms with van der Waals surface area (Å²) in [6, 6.07) is 10.0. The molecule has 2 aliphatic heterocycles. The minimum atomic E-state index is -0.939. The zero-order chi connectivity index (χ0) is 24.9. The third-order valence-corrected chi connectivity index (χ3v) is 7.55. The molecule has 2 aliphatic rings. The summed E-state index contributed by atoms with van der Waals surface area (Å²) < 4.78 is 12.6. The Morgan fingerprint density at radius 2 is 1.45 bits per heavy atom. The van der Waals surface area contributed by atoms with Gasteiger partial charge >= 0.3 is 0 Å². The van der Waals surface area contributed by atoms with Crippen LogP contribution in [-0.2, 0) is 41.7 Å². The van der Waals surface area contributed by atoms with Crippen molar-refractivity contribution in [2.24, 2.45) is 0 Å². The Morgan fingerprint density at radius 3 is 1.87 bits per heavy atom. The van der Waals surface area contributed by atoms with E-state index in [-0.39, 0.29) is 61.2 Å². The van der Waals surface area contributed by atoms with Gasteiger partial charge in [0.15, 0.2) is 0 Å². The molecule has 3 N–H and O–H groups in total. The van der Waals surface area contributed by atoms with Crippen molar-refractivity contribution < 1.29 is 40.8 Å². The minimum absolute atomic E-state index is 0. The van der Waals surface area contributed by atoms with E-state index in [4.69, 9.17) is 9.47 Å². The fourth-order valence-corrected chi connectivity index (χ4v) is 5.00. The van der Waals surface area contributed by atoms with E-state index in [9.17, 15) is 19.8 Å². The van der Waals surface area contributed by atoms with Gasteiger partial charge in [0.25, 0.3) is 5.56 Å². The number of thiophene rings is 2. The zero-order valence-corrected chi connectivity index (χ0v) is 26.0. The molecule has 2 fully saturated rings. The number of pyridine rings is 2. The SMILES string of the molecule is Brc1ccsc1.O=c1ccc(C2(O)COC2)c[nH]1.O=c1ccc(C2(O)COC2)cn1-c1ccsc1.[BH4-].[CH3-].[W]. The molecule has 0 atom stereocenters. The van der Waals surface area contributed by atoms with Gasteiger partial charge in [-0.15, -0.1) is 0 Å². The summed E-state index contributed by atoms with van der Waals surface area (Å²) in [5.41, 5.74) is 0.155. The summed E-state index contributed by atoms with van der Waals surface area (Å²) in [6.07, 6.45) is 3.21. The molecule has 38 heavy (non-hydrogen) atoms. The van der Waals surface area contributed by atoms with Crippen LogP contribution >= 0.6 is 38.6 Å². The number of nitrogens with one attached hydrogen (secondary N) is 1. The molecule has 4 aromatic heterocycles. The average molecular weight is 793 g/mol. The Morgan fingerprint density at radius 1 is 0.868 bits per heavy atom. The molecule has 0 aromatic carbocycles. The summed E-state index contributed by atoms with van der Waals surface area (Å²) in [5.74, 6) is 0. The third-order valence-electron chi connectivity index (χ3n) is 5.40. The van der Waals surface area contributed by atoms with Crippen LogP contribution in [0.15, 0.2) is 84.4 Å². The molecule has 206 valence electrons. The van der Waals surface area contributed by atoms with Crippen LogP contribution in [0.2, 0.25) is 0 Å². The van der Waals surface area contributed by atoms with Crippen LogP contribution < -0.4 is 11.1 Å². The van der Waals surface area contributed by atoms with Gasteiger partial charge in [-0.25, -0.2) is 0 Å². The molecule has 13 heteroatoms. The van der Waals surface area contributed by atoms with Crippen molar-refractivity contribution in [1.82, 2.24) is 9.55 Å². The van der Waals surface area contributed by atoms with Gasteiger partial charge in [-0.3, -0.25) is 14.2 Å². The molecule has 6 heterocycles. The van der Waals surface area contributed by atoms with Gasteiger partial charge in [0.05, 0.1) is 32.1 Å². The summed E-state index contributed by atoms with van der Waals surface area (Å²) in [7, 11) is 0. The van der Waals surface area contributed by atoms with Crippen LogP contribution in [0.4, 0.5) is 0 Å². The van der Waals surface area contributed by atoms with Crippen LogP contribution in [0.5, 0.6) is 0 Å². The third kappa shape index (κ3) is 8.43. The fraction of sp³-hybridized carbons (Fsp3) is 0.240. The van der Waals surface area contributed by atoms with Crippen LogP contribution in [0, 0.1) is 7.43 Å². The number of ether oxygens (including phenoxy) is 2. The predicted octanol–water partition coefficient (Wildman–Crippen LogP) is 2.22. The van der Waals surface area contributed by atoms with Gasteiger partial charge in [0.2, 0.25) is 5.56 Å². The monoisotopic (exact) mass is 792 g/mol. The summed E-state index contributed by atoms with van der Waals surface area (Å²) in [6.45, 7) is 1.18. The summed E-state index contributed by atoms with van der Waals surface area (Å²) >= 11 is 6.51. The quantitative estimate of drug-likeness (QED) is 0.217. The maximum Gasteiger partial charge on any atom is 0.255 e. The van der Waals surface area contributed by atoms with E-state index < -0.39 is 11.2 Å². The van der Waals surface area contributed by atoms with E-state index >= 15 is 0 Å². The zero-order valence-electron chi connectivity index (χ0n) is 19.8. The number of hydrogen-bond acceptors (Lipinski definition) is 8. The molecule has 0 bridgehead atoms. The van der Waals surface area contributed by atoms with Crippen molar-refractivity contribution >= 4 is 47.0 Å². The number of halogens is 1. The summed E-state index contributed by atoms with van der Waals surface area (Å²) in [4.78, 5) is 24.9. The first-order valence-electron chi connectivity index (χ1n) is 10.5. The second-order valence-corrected chi connectivity index (χ2v) is 10.5. The molecule has 0 radical (unpaired) electrons. The Balaban J connectivity index is 0.000000303. The molecule has 0 aliphatic carbocycles. The van der Waals surface area contributed by atoms with Crippen molar-refractivity contribution in [3.63, 3.8) is 0 Å². The molecular weight excluding hydrogens is 763 g/mol. The van der Waals surface area contributed by atoms with E-state index in [1.807, 2.05) is 33.7 Å². The van der Waals surface area contributed by atoms with Gasteiger partial charge in [-0.1, -0.05) is 8.41 Å². The second-order valence-electron chi connectivity index (χ2n) is 8.04. The minimum Gasteiger partial charge on any atom is -0.380 e. The normalized spacial score (nSPS) is 15.7. The van der Waals surface area contributed by atoms with Crippen molar-refractivity contribution in [2.75, 3.05) is 26.4 Å². The molecule has 2 saturated heterocycles. The topological polar surface area (TPSA) is 114 Å². The predicted molar refractivity (Wildman–Crippen MR) is 156 cm³/mol. The number of aromatic amines is 1. The Hall–Kier alpha value is -1.63. The second kappa shape index (κ2) is 15.2. The van der Waals surface area contributed by atoms with Crippen molar-refractivity contribution in [2.45, 2.75) is 11.2 Å². The molecule has 0 saturated carbocycles. The number of aromatic nitrogens is 2. The average Bonchev–Trinajstić information content (AvgIpc) is 3.52. The van der Waals surface area contributed by atoms with Crippen molar-refractivity contribution in [1.29, 1.82) is 0 Å². The number of rotatable bonds is 3. The molecule has 8 nitrogen and oxygen atoms in total. The van der Waals surface area contributed by atoms with E-state index in [0.717, 1.165) is 11.3 Å². The molecule has 4 aromatic rings. The summed E-state index contributed by atoms with van der Waals surface area (Å²) in [5, 5.41) is 27.8. The van der Waals surface area contributed by atoms with E-state index in [0.29, 0.717) is 18.8 Å². The first kappa shape index (κ1) is 34.4. The number of hydrogen-bond donors (Lipinski definition) is 3. The van der Waals surface area contributed by atoms with Crippen LogP contribution in [0.3, 0.4) is 0 Å². The van der Waals surface area contributed by atoms with Crippen LogP contribution in [0.1, 0.15) is 11.1 Å². The van der Waals surface area contributed by atoms with Crippen molar-refractivity contribution in [3.05, 3.63) is 114 Å². The number of nitrogens with zero attached hydrogens (tertiary/aromatic N) is 1. The smallest absolute Gasteiger partial charge is 0.255 e. The van der Waals surface area contributed by atoms with E-state index in [1.165, 1.54) is 34.1 Å². The number of H-pyrrole nitrogens is 1. The Kier molecular flexibility index (Phi) is 13.8. The number of aliphatic hydroxyl groups is 2. The van der Waals surface area contributed by atoms with Gasteiger partial charge < -0.3 is 32.1 Å². The van der Waals surface area contributed by atoms with E-state index in [1.54, 1.807) is 34.2 Å². The van der Waals surface area contributed by atoms with Gasteiger partial charge in [0.1, 0.15) is 11.2 Å².